The normalized spacial score (nSPS) is 17.0. The average Bonchev–Trinajstić information content (AvgIpc) is 2.63. The van der Waals surface area contributed by atoms with E-state index in [1.807, 2.05) is 0 Å². The van der Waals surface area contributed by atoms with Crippen molar-refractivity contribution in [1.29, 1.82) is 0 Å². The molecule has 4 nitrogen and oxygen atoms in total. The Kier molecular flexibility index (Phi) is 8.48. The average molecular weight is 666 g/mol. The molecule has 0 radical (unpaired) electrons. The Morgan fingerprint density at radius 2 is 0.590 bits per heavy atom. The molecule has 0 fully saturated rings. The van der Waals surface area contributed by atoms with Gasteiger partial charge in [-0.15, -0.1) is 13.2 Å². The van der Waals surface area contributed by atoms with Gasteiger partial charge in [-0.25, -0.2) is 4.74 Å². The van der Waals surface area contributed by atoms with Crippen molar-refractivity contribution in [3.63, 3.8) is 0 Å². The van der Waals surface area contributed by atoms with Gasteiger partial charge < -0.3 is 0 Å². The quantitative estimate of drug-likeness (QED) is 0.198. The molecule has 0 aliphatic carbocycles. The number of hydrogen-bond donors (Lipinski definition) is 1. The molecule has 0 spiro atoms. The van der Waals surface area contributed by atoms with Crippen molar-refractivity contribution < 1.29 is 119 Å². The van der Waals surface area contributed by atoms with Crippen LogP contribution in [0, 0.1) is 0 Å². The van der Waals surface area contributed by atoms with Gasteiger partial charge in [-0.1, -0.05) is 0 Å². The Morgan fingerprint density at radius 1 is 0.385 bits per heavy atom. The first-order valence-electron chi connectivity index (χ1n) is 7.72. The van der Waals surface area contributed by atoms with Crippen LogP contribution in [-0.2, 0) is 14.9 Å². The van der Waals surface area contributed by atoms with E-state index in [2.05, 4.69) is 0 Å². The molecule has 0 aromatic carbocycles. The second kappa shape index (κ2) is 8.88. The number of rotatable bonds is 11. The van der Waals surface area contributed by atoms with Gasteiger partial charge in [0.2, 0.25) is 0 Å². The van der Waals surface area contributed by atoms with Crippen molar-refractivity contribution in [2.45, 2.75) is 65.1 Å². The topological polar surface area (TPSA) is 63.6 Å². The van der Waals surface area contributed by atoms with Crippen LogP contribution < -0.4 is 0 Å². The molecular weight excluding hydrogens is 665 g/mol. The van der Waals surface area contributed by atoms with E-state index in [1.54, 1.807) is 0 Å². The third-order valence-electron chi connectivity index (χ3n) is 4.06. The molecule has 0 rings (SSSR count). The van der Waals surface area contributed by atoms with Crippen LogP contribution in [0.5, 0.6) is 0 Å². The number of halogens is 23. The molecule has 0 atom stereocenters. The maximum absolute atomic E-state index is 13.4. The summed E-state index contributed by atoms with van der Waals surface area (Å²) >= 11 is 0. The first-order chi connectivity index (χ1) is 16.2. The summed E-state index contributed by atoms with van der Waals surface area (Å²) < 4.78 is 328. The van der Waals surface area contributed by atoms with Gasteiger partial charge in [0.05, 0.1) is 0 Å². The molecule has 0 aliphatic heterocycles. The van der Waals surface area contributed by atoms with E-state index in [4.69, 9.17) is 4.55 Å². The molecule has 0 amide bonds. The Bertz CT molecular complexity index is 1020. The van der Waals surface area contributed by atoms with E-state index in [0.717, 1.165) is 4.74 Å². The molecule has 39 heavy (non-hydrogen) atoms. The highest BCUT2D eigenvalue weighted by Crippen LogP contribution is 2.66. The molecule has 0 heterocycles. The summed E-state index contributed by atoms with van der Waals surface area (Å²) in [5.74, 6) is -74.1. The Morgan fingerprint density at radius 3 is 0.795 bits per heavy atom. The van der Waals surface area contributed by atoms with Gasteiger partial charge in [0.1, 0.15) is 0 Å². The molecular formula is C11HF23O4S. The smallest absolute Gasteiger partial charge is 0.281 e. The maximum Gasteiger partial charge on any atom is 0.527 e. The molecule has 236 valence electrons. The zero-order chi connectivity index (χ0) is 32.7. The lowest BCUT2D eigenvalue weighted by Gasteiger charge is -2.44. The predicted octanol–water partition coefficient (Wildman–Crippen LogP) is 6.68. The molecule has 0 aromatic heterocycles. The lowest BCUT2D eigenvalue weighted by molar-refractivity contribution is -0.511. The summed E-state index contributed by atoms with van der Waals surface area (Å²) in [5.41, 5.74) is 0. The van der Waals surface area contributed by atoms with Gasteiger partial charge in [-0.05, 0) is 0 Å². The van der Waals surface area contributed by atoms with Gasteiger partial charge in [0, 0.05) is 0 Å². The third-order valence-corrected chi connectivity index (χ3v) is 4.96. The second-order valence-electron chi connectivity index (χ2n) is 6.65. The van der Waals surface area contributed by atoms with Crippen molar-refractivity contribution in [2.75, 3.05) is 0 Å². The van der Waals surface area contributed by atoms with Gasteiger partial charge in [0.25, 0.3) is 0 Å². The summed E-state index contributed by atoms with van der Waals surface area (Å²) in [6, 6.07) is 0. The zero-order valence-corrected chi connectivity index (χ0v) is 17.1. The SMILES string of the molecule is O=S(=O)(O)C(F)(F)C(F)(F)C(F)(F)C(F)(F)C(F)(F)C(F)(F)C(F)(F)C(F)(F)C(F)(F)C(F)(F)OC(F)(F)F. The van der Waals surface area contributed by atoms with Crippen LogP contribution in [0.3, 0.4) is 0 Å². The fourth-order valence-electron chi connectivity index (χ4n) is 1.92. The Hall–Kier alpha value is -1.74. The zero-order valence-electron chi connectivity index (χ0n) is 16.3. The predicted molar refractivity (Wildman–Crippen MR) is 68.2 cm³/mol. The van der Waals surface area contributed by atoms with Crippen molar-refractivity contribution in [3.05, 3.63) is 0 Å². The van der Waals surface area contributed by atoms with E-state index < -0.39 is 75.2 Å². The molecule has 1 N–H and O–H groups in total. The largest absolute Gasteiger partial charge is 0.527 e. The van der Waals surface area contributed by atoms with Gasteiger partial charge in [-0.3, -0.25) is 4.55 Å². The third kappa shape index (κ3) is 4.79. The Labute approximate surface area is 195 Å². The van der Waals surface area contributed by atoms with Crippen molar-refractivity contribution in [2.24, 2.45) is 0 Å². The highest BCUT2D eigenvalue weighted by molar-refractivity contribution is 7.87. The number of hydrogen-bond acceptors (Lipinski definition) is 3. The van der Waals surface area contributed by atoms with E-state index in [-0.39, 0.29) is 0 Å². The van der Waals surface area contributed by atoms with E-state index in [9.17, 15) is 109 Å². The molecule has 0 aromatic rings. The second-order valence-corrected chi connectivity index (χ2v) is 8.11. The van der Waals surface area contributed by atoms with Crippen LogP contribution in [0.25, 0.3) is 0 Å². The molecule has 0 saturated carbocycles. The van der Waals surface area contributed by atoms with Gasteiger partial charge in [0.15, 0.2) is 0 Å². The maximum atomic E-state index is 13.4. The van der Waals surface area contributed by atoms with Crippen LogP contribution in [0.2, 0.25) is 0 Å². The molecule has 0 aliphatic rings. The molecule has 28 heteroatoms. The number of ether oxygens (including phenoxy) is 1. The first kappa shape index (κ1) is 37.3. The summed E-state index contributed by atoms with van der Waals surface area (Å²) in [6.07, 6.45) is -15.5. The van der Waals surface area contributed by atoms with Gasteiger partial charge in [-0.2, -0.15) is 96.2 Å². The molecule has 0 unspecified atom stereocenters. The molecule has 0 saturated heterocycles. The minimum atomic E-state index is -9.54. The summed E-state index contributed by atoms with van der Waals surface area (Å²) in [6.45, 7) is 0. The molecule has 0 bridgehead atoms. The van der Waals surface area contributed by atoms with E-state index >= 15 is 0 Å². The van der Waals surface area contributed by atoms with E-state index in [0.29, 0.717) is 0 Å². The highest BCUT2D eigenvalue weighted by atomic mass is 32.2. The lowest BCUT2D eigenvalue weighted by Crippen LogP contribution is -2.77. The minimum Gasteiger partial charge on any atom is -0.281 e. The van der Waals surface area contributed by atoms with Crippen LogP contribution in [0.4, 0.5) is 101 Å². The van der Waals surface area contributed by atoms with Crippen LogP contribution in [0.15, 0.2) is 0 Å². The first-order valence-corrected chi connectivity index (χ1v) is 9.16. The number of alkyl halides is 23. The van der Waals surface area contributed by atoms with Gasteiger partial charge >= 0.3 is 75.2 Å². The lowest BCUT2D eigenvalue weighted by atomic mass is 9.87. The monoisotopic (exact) mass is 666 g/mol. The summed E-state index contributed by atoms with van der Waals surface area (Å²) in [4.78, 5) is 0. The fourth-order valence-corrected chi connectivity index (χ4v) is 2.37. The summed E-state index contributed by atoms with van der Waals surface area (Å²) in [7, 11) is -8.17. The van der Waals surface area contributed by atoms with Crippen molar-refractivity contribution in [3.8, 4) is 0 Å². The van der Waals surface area contributed by atoms with Crippen LogP contribution >= 0.6 is 0 Å². The van der Waals surface area contributed by atoms with Crippen LogP contribution in [-0.4, -0.2) is 78.1 Å². The fraction of sp³-hybridized carbons (Fsp3) is 1.00. The van der Waals surface area contributed by atoms with Crippen LogP contribution in [0.1, 0.15) is 0 Å². The van der Waals surface area contributed by atoms with E-state index in [1.165, 1.54) is 0 Å². The minimum absolute atomic E-state index is 0.945. The Balaban J connectivity index is 7.25. The van der Waals surface area contributed by atoms with Crippen molar-refractivity contribution >= 4 is 10.1 Å². The summed E-state index contributed by atoms with van der Waals surface area (Å²) in [5, 5.41) is -8.14. The highest BCUT2D eigenvalue weighted by Gasteiger charge is 2.98. The van der Waals surface area contributed by atoms with Crippen molar-refractivity contribution in [1.82, 2.24) is 0 Å². The standard InChI is InChI=1S/C11HF23O4S/c12-1(13,3(16,17)5(20,21)7(24,25)9(28,29)38-11(32,33)34)2(14,15)4(18,19)6(22,23)8(26,27)10(30,31)39(35,36)37/h(H,35,36,37).